The second-order valence-electron chi connectivity index (χ2n) is 14.8. The van der Waals surface area contributed by atoms with Crippen LogP contribution in [0, 0.1) is 0 Å². The Morgan fingerprint density at radius 2 is 0.517 bits per heavy atom. The van der Waals surface area contributed by atoms with Crippen molar-refractivity contribution in [2.45, 2.75) is 0 Å². The van der Waals surface area contributed by atoms with Gasteiger partial charge in [-0.2, -0.15) is 0 Å². The van der Waals surface area contributed by atoms with Gasteiger partial charge in [0.2, 0.25) is 0 Å². The van der Waals surface area contributed by atoms with Crippen LogP contribution in [0.25, 0.3) is 101 Å². The lowest BCUT2D eigenvalue weighted by molar-refractivity contribution is 1.18. The molecule has 0 spiro atoms. The van der Waals surface area contributed by atoms with Gasteiger partial charge in [0.25, 0.3) is 0 Å². The van der Waals surface area contributed by atoms with Gasteiger partial charge >= 0.3 is 0 Å². The third kappa shape index (κ3) is 7.32. The molecule has 3 nitrogen and oxygen atoms in total. The Kier molecular flexibility index (Phi) is 9.97. The van der Waals surface area contributed by atoms with Gasteiger partial charge in [-0.15, -0.1) is 0 Å². The average Bonchev–Trinajstić information content (AvgIpc) is 3.35. The van der Waals surface area contributed by atoms with Crippen LogP contribution in [-0.4, -0.2) is 15.0 Å². The number of rotatable bonds is 9. The maximum Gasteiger partial charge on any atom is 0.160 e. The Balaban J connectivity index is 1.20. The molecule has 60 heavy (non-hydrogen) atoms. The fourth-order valence-corrected chi connectivity index (χ4v) is 8.04. The van der Waals surface area contributed by atoms with Crippen LogP contribution >= 0.6 is 0 Å². The number of aromatic nitrogens is 3. The summed E-state index contributed by atoms with van der Waals surface area (Å²) in [5, 5.41) is 0. The molecular formula is C57H39N3. The first-order valence-corrected chi connectivity index (χ1v) is 20.3. The minimum absolute atomic E-state index is 0.681. The average molecular weight is 766 g/mol. The van der Waals surface area contributed by atoms with E-state index in [-0.39, 0.29) is 0 Å². The molecule has 0 aliphatic carbocycles. The lowest BCUT2D eigenvalue weighted by atomic mass is 9.82. The van der Waals surface area contributed by atoms with Crippen molar-refractivity contribution < 1.29 is 0 Å². The summed E-state index contributed by atoms with van der Waals surface area (Å²) in [6.07, 6.45) is 0. The maximum absolute atomic E-state index is 5.62. The first kappa shape index (κ1) is 36.3. The van der Waals surface area contributed by atoms with Crippen molar-refractivity contribution in [2.75, 3.05) is 0 Å². The molecule has 0 saturated heterocycles. The van der Waals surface area contributed by atoms with Crippen molar-refractivity contribution in [2.24, 2.45) is 0 Å². The van der Waals surface area contributed by atoms with E-state index in [1.807, 2.05) is 36.4 Å². The third-order valence-corrected chi connectivity index (χ3v) is 10.9. The van der Waals surface area contributed by atoms with E-state index in [0.717, 1.165) is 95.1 Å². The minimum atomic E-state index is 0.681. The third-order valence-electron chi connectivity index (χ3n) is 10.9. The summed E-state index contributed by atoms with van der Waals surface area (Å²) in [6.45, 7) is 0. The predicted molar refractivity (Wildman–Crippen MR) is 249 cm³/mol. The highest BCUT2D eigenvalue weighted by Crippen LogP contribution is 2.49. The highest BCUT2D eigenvalue weighted by molar-refractivity contribution is 6.05. The summed E-state index contributed by atoms with van der Waals surface area (Å²) in [5.74, 6) is 0.681. The summed E-state index contributed by atoms with van der Waals surface area (Å²) in [7, 11) is 0. The van der Waals surface area contributed by atoms with Crippen LogP contribution in [0.1, 0.15) is 0 Å². The van der Waals surface area contributed by atoms with E-state index >= 15 is 0 Å². The summed E-state index contributed by atoms with van der Waals surface area (Å²) < 4.78 is 0. The van der Waals surface area contributed by atoms with Gasteiger partial charge in [0.1, 0.15) is 0 Å². The van der Waals surface area contributed by atoms with E-state index in [1.54, 1.807) is 0 Å². The SMILES string of the molecule is c1ccc(-c2cc(-c3ccccc3)nc(-c3cccc(-c4cccc(-c5c(-c6ccccc6)c(-c6ccccc6)nc(-c6ccccc6)c5-c5ccccc5)c4)c3)n2)cc1. The van der Waals surface area contributed by atoms with Crippen molar-refractivity contribution in [3.8, 4) is 101 Å². The van der Waals surface area contributed by atoms with E-state index in [1.165, 1.54) is 0 Å². The van der Waals surface area contributed by atoms with Gasteiger partial charge in [0.05, 0.1) is 22.8 Å². The Labute approximate surface area is 351 Å². The second-order valence-corrected chi connectivity index (χ2v) is 14.8. The lowest BCUT2D eigenvalue weighted by Crippen LogP contribution is -2.01. The number of benzene rings is 8. The van der Waals surface area contributed by atoms with Crippen LogP contribution in [0.4, 0.5) is 0 Å². The zero-order valence-electron chi connectivity index (χ0n) is 32.9. The quantitative estimate of drug-likeness (QED) is 0.147. The van der Waals surface area contributed by atoms with Gasteiger partial charge in [-0.1, -0.05) is 218 Å². The lowest BCUT2D eigenvalue weighted by Gasteiger charge is -2.23. The molecule has 0 aliphatic heterocycles. The van der Waals surface area contributed by atoms with Crippen LogP contribution in [0.3, 0.4) is 0 Å². The smallest absolute Gasteiger partial charge is 0.160 e. The summed E-state index contributed by atoms with van der Waals surface area (Å²) in [6, 6.07) is 82.8. The molecule has 8 aromatic carbocycles. The standard InChI is InChI=1S/C57H39N3/c1-7-21-40(22-8-1)50-39-51(41-23-9-2-10-24-41)59-57(58-50)49-36-20-34-47(38-49)46-33-19-35-48(37-46)52-53(42-25-11-3-12-26-42)55(44-29-15-5-16-30-44)60-56(45-31-17-6-18-32-45)54(52)43-27-13-4-14-28-43/h1-39H. The number of pyridine rings is 1. The number of nitrogens with zero attached hydrogens (tertiary/aromatic N) is 3. The van der Waals surface area contributed by atoms with Gasteiger partial charge in [-0.05, 0) is 46.0 Å². The molecule has 282 valence electrons. The second kappa shape index (κ2) is 16.5. The van der Waals surface area contributed by atoms with Gasteiger partial charge in [0, 0.05) is 44.5 Å². The van der Waals surface area contributed by atoms with Gasteiger partial charge in [0.15, 0.2) is 5.82 Å². The van der Waals surface area contributed by atoms with Crippen LogP contribution in [0.5, 0.6) is 0 Å². The molecule has 0 radical (unpaired) electrons. The molecule has 2 aromatic heterocycles. The first-order chi connectivity index (χ1) is 29.8. The molecule has 10 aromatic rings. The molecule has 0 bridgehead atoms. The summed E-state index contributed by atoms with van der Waals surface area (Å²) in [5.41, 5.74) is 17.6. The highest BCUT2D eigenvalue weighted by atomic mass is 14.9. The van der Waals surface area contributed by atoms with E-state index in [9.17, 15) is 0 Å². The molecule has 0 amide bonds. The fourth-order valence-electron chi connectivity index (χ4n) is 8.04. The molecule has 0 aliphatic rings. The molecule has 0 atom stereocenters. The Morgan fingerprint density at radius 1 is 0.200 bits per heavy atom. The van der Waals surface area contributed by atoms with Crippen molar-refractivity contribution in [3.05, 3.63) is 237 Å². The molecule has 3 heteroatoms. The zero-order valence-corrected chi connectivity index (χ0v) is 32.9. The van der Waals surface area contributed by atoms with E-state index in [4.69, 9.17) is 15.0 Å². The van der Waals surface area contributed by atoms with E-state index in [2.05, 4.69) is 200 Å². The molecule has 0 fully saturated rings. The number of hydrogen-bond donors (Lipinski definition) is 0. The van der Waals surface area contributed by atoms with E-state index in [0.29, 0.717) is 5.82 Å². The Hall–Kier alpha value is -8.01. The first-order valence-electron chi connectivity index (χ1n) is 20.3. The van der Waals surface area contributed by atoms with Crippen LogP contribution < -0.4 is 0 Å². The minimum Gasteiger partial charge on any atom is -0.246 e. The molecule has 2 heterocycles. The van der Waals surface area contributed by atoms with Crippen LogP contribution in [0.15, 0.2) is 237 Å². The molecule has 0 saturated carbocycles. The molecule has 0 N–H and O–H groups in total. The Bertz CT molecular complexity index is 2880. The maximum atomic E-state index is 5.62. The van der Waals surface area contributed by atoms with Gasteiger partial charge in [-0.3, -0.25) is 0 Å². The van der Waals surface area contributed by atoms with Crippen molar-refractivity contribution in [1.29, 1.82) is 0 Å². The topological polar surface area (TPSA) is 38.7 Å². The largest absolute Gasteiger partial charge is 0.246 e. The van der Waals surface area contributed by atoms with Gasteiger partial charge in [-0.25, -0.2) is 15.0 Å². The fraction of sp³-hybridized carbons (Fsp3) is 0. The van der Waals surface area contributed by atoms with Crippen molar-refractivity contribution in [3.63, 3.8) is 0 Å². The van der Waals surface area contributed by atoms with Crippen LogP contribution in [-0.2, 0) is 0 Å². The normalized spacial score (nSPS) is 11.0. The van der Waals surface area contributed by atoms with Crippen molar-refractivity contribution in [1.82, 2.24) is 15.0 Å². The summed E-state index contributed by atoms with van der Waals surface area (Å²) >= 11 is 0. The monoisotopic (exact) mass is 765 g/mol. The summed E-state index contributed by atoms with van der Waals surface area (Å²) in [4.78, 5) is 15.9. The zero-order chi connectivity index (χ0) is 40.1. The predicted octanol–water partition coefficient (Wildman–Crippen LogP) is 14.9. The highest BCUT2D eigenvalue weighted by Gasteiger charge is 2.25. The molecular weight excluding hydrogens is 727 g/mol. The van der Waals surface area contributed by atoms with E-state index < -0.39 is 0 Å². The van der Waals surface area contributed by atoms with Crippen LogP contribution in [0.2, 0.25) is 0 Å². The molecule has 10 rings (SSSR count). The molecule has 0 unspecified atom stereocenters. The Morgan fingerprint density at radius 3 is 0.933 bits per heavy atom. The van der Waals surface area contributed by atoms with Gasteiger partial charge < -0.3 is 0 Å². The van der Waals surface area contributed by atoms with Crippen molar-refractivity contribution >= 4 is 0 Å². The number of hydrogen-bond acceptors (Lipinski definition) is 3.